The predicted octanol–water partition coefficient (Wildman–Crippen LogP) is 13.1. The van der Waals surface area contributed by atoms with Gasteiger partial charge in [0.15, 0.2) is 5.84 Å². The van der Waals surface area contributed by atoms with Gasteiger partial charge < -0.3 is 9.13 Å². The molecule has 1 aliphatic rings. The topological polar surface area (TPSA) is 34.6 Å². The highest BCUT2D eigenvalue weighted by molar-refractivity contribution is 6.15. The van der Waals surface area contributed by atoms with Crippen molar-refractivity contribution in [1.29, 1.82) is 0 Å². The fraction of sp³-hybridized carbons (Fsp3) is 0.0566. The molecule has 1 unspecified atom stereocenters. The van der Waals surface area contributed by atoms with Gasteiger partial charge in [0.2, 0.25) is 0 Å². The molecule has 4 heteroatoms. The van der Waals surface area contributed by atoms with Crippen LogP contribution in [0.3, 0.4) is 0 Å². The summed E-state index contributed by atoms with van der Waals surface area (Å²) in [6.45, 7) is 2.25. The lowest BCUT2D eigenvalue weighted by molar-refractivity contribution is 0.514. The van der Waals surface area contributed by atoms with Crippen molar-refractivity contribution in [2.24, 2.45) is 9.98 Å². The van der Waals surface area contributed by atoms with Gasteiger partial charge >= 0.3 is 0 Å². The third kappa shape index (κ3) is 5.52. The van der Waals surface area contributed by atoms with Crippen molar-refractivity contribution in [1.82, 2.24) is 9.13 Å². The van der Waals surface area contributed by atoms with Gasteiger partial charge in [-0.05, 0) is 83.8 Å². The highest BCUT2D eigenvalue weighted by Gasteiger charge is 2.33. The number of amidine groups is 1. The fourth-order valence-corrected chi connectivity index (χ4v) is 8.89. The normalized spacial score (nSPS) is 15.7. The first-order valence-corrected chi connectivity index (χ1v) is 19.6. The Balaban J connectivity index is 1.06. The van der Waals surface area contributed by atoms with Crippen molar-refractivity contribution < 1.29 is 0 Å². The van der Waals surface area contributed by atoms with E-state index in [0.29, 0.717) is 6.42 Å². The van der Waals surface area contributed by atoms with E-state index >= 15 is 0 Å². The van der Waals surface area contributed by atoms with Gasteiger partial charge in [-0.2, -0.15) is 0 Å². The summed E-state index contributed by atoms with van der Waals surface area (Å²) in [5.74, 6) is 0.763. The molecule has 1 atom stereocenters. The van der Waals surface area contributed by atoms with Crippen LogP contribution in [-0.4, -0.2) is 20.7 Å². The summed E-state index contributed by atoms with van der Waals surface area (Å²) < 4.78 is 4.80. The maximum absolute atomic E-state index is 5.42. The lowest BCUT2D eigenvalue weighted by Crippen LogP contribution is -2.30. The van der Waals surface area contributed by atoms with Gasteiger partial charge in [-0.15, -0.1) is 0 Å². The molecule has 2 aromatic heterocycles. The van der Waals surface area contributed by atoms with E-state index in [9.17, 15) is 0 Å². The van der Waals surface area contributed by atoms with Crippen molar-refractivity contribution in [3.8, 4) is 22.5 Å². The Morgan fingerprint density at radius 3 is 1.68 bits per heavy atom. The second-order valence-corrected chi connectivity index (χ2v) is 15.2. The Bertz CT molecular complexity index is 3210. The maximum atomic E-state index is 5.42. The van der Waals surface area contributed by atoms with Crippen LogP contribution in [-0.2, 0) is 5.54 Å². The third-order valence-corrected chi connectivity index (χ3v) is 11.7. The maximum Gasteiger partial charge on any atom is 0.155 e. The minimum atomic E-state index is -0.535. The van der Waals surface area contributed by atoms with Gasteiger partial charge in [-0.1, -0.05) is 146 Å². The Labute approximate surface area is 331 Å². The number of rotatable bonds is 6. The molecule has 0 bridgehead atoms. The van der Waals surface area contributed by atoms with Crippen LogP contribution in [0.5, 0.6) is 0 Å². The number of aliphatic imine (C=N–C) groups is 2. The van der Waals surface area contributed by atoms with Crippen LogP contribution in [0.1, 0.15) is 30.0 Å². The first-order chi connectivity index (χ1) is 28.1. The van der Waals surface area contributed by atoms with E-state index < -0.39 is 5.54 Å². The van der Waals surface area contributed by atoms with E-state index in [0.717, 1.165) is 39.6 Å². The Kier molecular flexibility index (Phi) is 7.65. The zero-order chi connectivity index (χ0) is 37.9. The van der Waals surface area contributed by atoms with E-state index in [1.165, 1.54) is 54.7 Å². The van der Waals surface area contributed by atoms with Crippen molar-refractivity contribution in [3.05, 3.63) is 217 Å². The summed E-state index contributed by atoms with van der Waals surface area (Å²) in [5, 5.41) is 4.96. The van der Waals surface area contributed by atoms with Crippen molar-refractivity contribution >= 4 is 55.2 Å². The van der Waals surface area contributed by atoms with E-state index in [1.54, 1.807) is 0 Å². The second-order valence-electron chi connectivity index (χ2n) is 15.2. The van der Waals surface area contributed by atoms with Crippen LogP contribution in [0.15, 0.2) is 210 Å². The summed E-state index contributed by atoms with van der Waals surface area (Å²) in [6, 6.07) is 71.8. The molecular weight excluding hydrogens is 693 g/mol. The van der Waals surface area contributed by atoms with Gasteiger partial charge in [0.1, 0.15) is 0 Å². The molecule has 0 amide bonds. The molecule has 4 nitrogen and oxygen atoms in total. The van der Waals surface area contributed by atoms with Gasteiger partial charge in [0.05, 0.1) is 33.3 Å². The van der Waals surface area contributed by atoms with Crippen molar-refractivity contribution in [2.45, 2.75) is 18.9 Å². The van der Waals surface area contributed by atoms with Gasteiger partial charge in [-0.3, -0.25) is 4.99 Å². The van der Waals surface area contributed by atoms with Crippen LogP contribution in [0.4, 0.5) is 0 Å². The van der Waals surface area contributed by atoms with Crippen LogP contribution < -0.4 is 0 Å². The summed E-state index contributed by atoms with van der Waals surface area (Å²) in [4.78, 5) is 10.6. The zero-order valence-corrected chi connectivity index (χ0v) is 31.5. The smallest absolute Gasteiger partial charge is 0.155 e. The number of hydrogen-bond donors (Lipinski definition) is 0. The molecule has 0 saturated carbocycles. The number of hydrogen-bond acceptors (Lipinski definition) is 2. The van der Waals surface area contributed by atoms with Crippen LogP contribution in [0, 0.1) is 0 Å². The van der Waals surface area contributed by atoms with E-state index in [2.05, 4.69) is 210 Å². The van der Waals surface area contributed by atoms with Crippen molar-refractivity contribution in [2.75, 3.05) is 0 Å². The quantitative estimate of drug-likeness (QED) is 0.163. The molecule has 0 spiro atoms. The lowest BCUT2D eigenvalue weighted by atomic mass is 9.84. The molecule has 11 rings (SSSR count). The largest absolute Gasteiger partial charge is 0.309 e. The zero-order valence-electron chi connectivity index (χ0n) is 31.5. The molecule has 8 aromatic carbocycles. The molecule has 1 aliphatic heterocycles. The summed E-state index contributed by atoms with van der Waals surface area (Å²) in [5.41, 5.74) is 13.2. The molecule has 0 N–H and O–H groups in total. The Morgan fingerprint density at radius 2 is 0.947 bits per heavy atom. The number of fused-ring (bicyclic) bond motifs is 6. The average Bonchev–Trinajstić information content (AvgIpc) is 3.79. The molecule has 270 valence electrons. The van der Waals surface area contributed by atoms with Gasteiger partial charge in [0.25, 0.3) is 0 Å². The standard InChI is InChI=1S/C53H38N4/c1-53(35-47(36-16-5-2-6-17-36)54-52(55-53)37-18-7-3-8-19-37)40-20-15-23-42(34-40)57-48-26-13-11-24-43(48)45-30-28-39(33-51(45)57)38-29-31-50-46(32-38)44-25-12-14-27-49(44)56(50)41-21-9-4-10-22-41/h2-34H,35H2,1H3. The highest BCUT2D eigenvalue weighted by atomic mass is 15.0. The van der Waals surface area contributed by atoms with Gasteiger partial charge in [-0.25, -0.2) is 4.99 Å². The molecule has 0 fully saturated rings. The lowest BCUT2D eigenvalue weighted by Gasteiger charge is -2.31. The van der Waals surface area contributed by atoms with Crippen LogP contribution in [0.25, 0.3) is 66.1 Å². The Morgan fingerprint density at radius 1 is 0.404 bits per heavy atom. The number of benzene rings is 8. The predicted molar refractivity (Wildman–Crippen MR) is 238 cm³/mol. The average molecular weight is 731 g/mol. The summed E-state index contributed by atoms with van der Waals surface area (Å²) >= 11 is 0. The van der Waals surface area contributed by atoms with E-state index in [-0.39, 0.29) is 0 Å². The summed E-state index contributed by atoms with van der Waals surface area (Å²) in [7, 11) is 0. The molecule has 0 radical (unpaired) electrons. The third-order valence-electron chi connectivity index (χ3n) is 11.7. The monoisotopic (exact) mass is 730 g/mol. The minimum Gasteiger partial charge on any atom is -0.309 e. The molecule has 3 heterocycles. The number of nitrogens with zero attached hydrogens (tertiary/aromatic N) is 4. The number of para-hydroxylation sites is 3. The van der Waals surface area contributed by atoms with E-state index in [4.69, 9.17) is 9.98 Å². The Hall–Kier alpha value is -7.30. The molecule has 0 aliphatic carbocycles. The second kappa shape index (κ2) is 13.2. The molecule has 0 saturated heterocycles. The highest BCUT2D eigenvalue weighted by Crippen LogP contribution is 2.40. The minimum absolute atomic E-state index is 0.535. The summed E-state index contributed by atoms with van der Waals surface area (Å²) in [6.07, 6.45) is 0.692. The first-order valence-electron chi connectivity index (χ1n) is 19.6. The van der Waals surface area contributed by atoms with E-state index in [1.807, 2.05) is 6.07 Å². The van der Waals surface area contributed by atoms with Crippen LogP contribution in [0.2, 0.25) is 0 Å². The molecule has 10 aromatic rings. The van der Waals surface area contributed by atoms with Crippen molar-refractivity contribution in [3.63, 3.8) is 0 Å². The fourth-order valence-electron chi connectivity index (χ4n) is 8.89. The first kappa shape index (κ1) is 33.1. The number of aromatic nitrogens is 2. The SMILES string of the molecule is CC1(c2cccc(-n3c4ccccc4c4ccc(-c5ccc6c(c5)c5ccccc5n6-c5ccccc5)cc43)c2)CC(c2ccccc2)=NC(c2ccccc2)=N1. The molecular formula is C53H38N4. The van der Waals surface area contributed by atoms with Gasteiger partial charge in [0, 0.05) is 44.9 Å². The molecule has 57 heavy (non-hydrogen) atoms. The van der Waals surface area contributed by atoms with Crippen LogP contribution >= 0.6 is 0 Å².